The van der Waals surface area contributed by atoms with Crippen LogP contribution in [0, 0.1) is 5.92 Å². The Bertz CT molecular complexity index is 406. The second-order valence-corrected chi connectivity index (χ2v) is 4.09. The van der Waals surface area contributed by atoms with Crippen LogP contribution in [-0.4, -0.2) is 29.3 Å². The van der Waals surface area contributed by atoms with Gasteiger partial charge in [0.15, 0.2) is 0 Å². The van der Waals surface area contributed by atoms with E-state index in [-0.39, 0.29) is 0 Å². The van der Waals surface area contributed by atoms with E-state index in [2.05, 4.69) is 17.3 Å². The van der Waals surface area contributed by atoms with E-state index in [4.69, 9.17) is 5.11 Å². The summed E-state index contributed by atoms with van der Waals surface area (Å²) in [5.74, 6) is -1.44. The minimum absolute atomic E-state index is 0.573. The molecule has 0 spiro atoms. The van der Waals surface area contributed by atoms with E-state index in [1.54, 1.807) is 11.9 Å². The Balaban J connectivity index is 2.68. The summed E-state index contributed by atoms with van der Waals surface area (Å²) in [5.41, 5.74) is 2.23. The van der Waals surface area contributed by atoms with Crippen LogP contribution < -0.4 is 0 Å². The fourth-order valence-corrected chi connectivity index (χ4v) is 1.29. The molecule has 0 aromatic heterocycles. The topological polar surface area (TPSA) is 52.9 Å². The van der Waals surface area contributed by atoms with Gasteiger partial charge in [0.25, 0.3) is 0 Å². The van der Waals surface area contributed by atoms with Gasteiger partial charge in [-0.1, -0.05) is 23.8 Å². The van der Waals surface area contributed by atoms with Gasteiger partial charge in [-0.3, -0.25) is 9.80 Å². The molecule has 0 heterocycles. The summed E-state index contributed by atoms with van der Waals surface area (Å²) in [5, 5.41) is 14.6. The molecule has 1 rings (SSSR count). The predicted molar refractivity (Wildman–Crippen MR) is 68.7 cm³/mol. The number of hydrazone groups is 1. The highest BCUT2D eigenvalue weighted by Gasteiger charge is 2.08. The number of hydrogen-bond acceptors (Lipinski definition) is 3. The summed E-state index contributed by atoms with van der Waals surface area (Å²) in [6.45, 7) is 3.64. The molecule has 1 N–H and O–H groups in total. The van der Waals surface area contributed by atoms with E-state index in [9.17, 15) is 4.79 Å². The van der Waals surface area contributed by atoms with E-state index in [0.717, 1.165) is 12.1 Å². The highest BCUT2D eigenvalue weighted by molar-refractivity contribution is 5.87. The first-order chi connectivity index (χ1) is 8.00. The Morgan fingerprint density at radius 1 is 1.59 bits per heavy atom. The second kappa shape index (κ2) is 6.03. The Morgan fingerprint density at radius 3 is 2.94 bits per heavy atom. The normalized spacial score (nSPS) is 17.4. The number of carboxylic acids is 1. The molecule has 0 saturated heterocycles. The Kier molecular flexibility index (Phi) is 4.69. The molecular weight excluding hydrogens is 216 g/mol. The minimum atomic E-state index is -0.868. The number of allylic oxidation sites excluding steroid dienone is 5. The molecule has 4 nitrogen and oxygen atoms in total. The SMILES string of the molecule is CC1=CC=C(N(C)/N=C\C(C)C(=O)O)CC=C1. The molecule has 0 aromatic rings. The van der Waals surface area contributed by atoms with Gasteiger partial charge in [-0.25, -0.2) is 0 Å². The molecule has 0 aliphatic heterocycles. The molecule has 17 heavy (non-hydrogen) atoms. The van der Waals surface area contributed by atoms with Gasteiger partial charge in [0.2, 0.25) is 0 Å². The van der Waals surface area contributed by atoms with Gasteiger partial charge in [0.05, 0.1) is 5.92 Å². The molecule has 0 aromatic carbocycles. The molecule has 0 fully saturated rings. The maximum Gasteiger partial charge on any atom is 0.311 e. The third-order valence-electron chi connectivity index (χ3n) is 2.52. The van der Waals surface area contributed by atoms with Crippen molar-refractivity contribution in [2.24, 2.45) is 11.0 Å². The number of nitrogens with zero attached hydrogens (tertiary/aromatic N) is 2. The zero-order valence-corrected chi connectivity index (χ0v) is 10.4. The largest absolute Gasteiger partial charge is 0.481 e. The van der Waals surface area contributed by atoms with Gasteiger partial charge >= 0.3 is 5.97 Å². The number of aliphatic carboxylic acids is 1. The molecule has 1 atom stereocenters. The van der Waals surface area contributed by atoms with Crippen molar-refractivity contribution in [3.63, 3.8) is 0 Å². The lowest BCUT2D eigenvalue weighted by molar-refractivity contribution is -0.138. The molecule has 1 unspecified atom stereocenters. The maximum absolute atomic E-state index is 10.6. The number of carboxylic acid groups (broad SMARTS) is 1. The molecule has 1 aliphatic carbocycles. The maximum atomic E-state index is 10.6. The average Bonchev–Trinajstić information content (AvgIpc) is 2.50. The van der Waals surface area contributed by atoms with Gasteiger partial charge in [-0.2, -0.15) is 5.10 Å². The van der Waals surface area contributed by atoms with Gasteiger partial charge < -0.3 is 5.11 Å². The fraction of sp³-hybridized carbons (Fsp3) is 0.385. The van der Waals surface area contributed by atoms with Crippen LogP contribution in [0.25, 0.3) is 0 Å². The lowest BCUT2D eigenvalue weighted by atomic mass is 10.2. The van der Waals surface area contributed by atoms with Crippen molar-refractivity contribution >= 4 is 12.2 Å². The summed E-state index contributed by atoms with van der Waals surface area (Å²) in [6, 6.07) is 0. The van der Waals surface area contributed by atoms with Crippen molar-refractivity contribution in [1.82, 2.24) is 5.01 Å². The van der Waals surface area contributed by atoms with E-state index in [0.29, 0.717) is 0 Å². The number of carbonyl (C=O) groups is 1. The quantitative estimate of drug-likeness (QED) is 0.600. The molecule has 92 valence electrons. The summed E-state index contributed by atoms with van der Waals surface area (Å²) < 4.78 is 0. The zero-order chi connectivity index (χ0) is 12.8. The summed E-state index contributed by atoms with van der Waals surface area (Å²) in [4.78, 5) is 10.6. The van der Waals surface area contributed by atoms with Crippen molar-refractivity contribution in [2.75, 3.05) is 7.05 Å². The van der Waals surface area contributed by atoms with Crippen LogP contribution in [0.4, 0.5) is 0 Å². The molecule has 4 heteroatoms. The molecule has 0 bridgehead atoms. The highest BCUT2D eigenvalue weighted by atomic mass is 16.4. The van der Waals surface area contributed by atoms with Crippen molar-refractivity contribution < 1.29 is 9.90 Å². The smallest absolute Gasteiger partial charge is 0.311 e. The average molecular weight is 234 g/mol. The third-order valence-corrected chi connectivity index (χ3v) is 2.52. The highest BCUT2D eigenvalue weighted by Crippen LogP contribution is 2.14. The van der Waals surface area contributed by atoms with E-state index in [1.807, 2.05) is 26.1 Å². The summed E-state index contributed by atoms with van der Waals surface area (Å²) >= 11 is 0. The van der Waals surface area contributed by atoms with Gasteiger partial charge in [-0.15, -0.1) is 0 Å². The van der Waals surface area contributed by atoms with Gasteiger partial charge in [0.1, 0.15) is 0 Å². The first-order valence-corrected chi connectivity index (χ1v) is 5.55. The second-order valence-electron chi connectivity index (χ2n) is 4.09. The van der Waals surface area contributed by atoms with Crippen molar-refractivity contribution in [3.8, 4) is 0 Å². The number of hydrogen-bond donors (Lipinski definition) is 1. The van der Waals surface area contributed by atoms with Crippen LogP contribution in [0.1, 0.15) is 20.3 Å². The van der Waals surface area contributed by atoms with Gasteiger partial charge in [-0.05, 0) is 19.9 Å². The molecule has 0 radical (unpaired) electrons. The van der Waals surface area contributed by atoms with Crippen LogP contribution in [0.2, 0.25) is 0 Å². The number of rotatable bonds is 4. The lowest BCUT2D eigenvalue weighted by Gasteiger charge is -2.15. The predicted octanol–water partition coefficient (Wildman–Crippen LogP) is 2.41. The summed E-state index contributed by atoms with van der Waals surface area (Å²) in [6.07, 6.45) is 10.4. The summed E-state index contributed by atoms with van der Waals surface area (Å²) in [7, 11) is 1.82. The van der Waals surface area contributed by atoms with Crippen LogP contribution in [0.3, 0.4) is 0 Å². The third kappa shape index (κ3) is 4.26. The molecule has 0 saturated carbocycles. The molecule has 1 aliphatic rings. The van der Waals surface area contributed by atoms with Crippen LogP contribution in [0.5, 0.6) is 0 Å². The van der Waals surface area contributed by atoms with Crippen LogP contribution in [0.15, 0.2) is 40.7 Å². The standard InChI is InChI=1S/C13H18N2O2/c1-10-5-4-6-12(8-7-10)15(3)14-9-11(2)13(16)17/h4-5,7-9,11H,6H2,1-3H3,(H,16,17)/b14-9-. The van der Waals surface area contributed by atoms with E-state index < -0.39 is 11.9 Å². The molecule has 0 amide bonds. The van der Waals surface area contributed by atoms with Crippen molar-refractivity contribution in [2.45, 2.75) is 20.3 Å². The van der Waals surface area contributed by atoms with Gasteiger partial charge in [0, 0.05) is 25.4 Å². The minimum Gasteiger partial charge on any atom is -0.481 e. The zero-order valence-electron chi connectivity index (χ0n) is 10.4. The van der Waals surface area contributed by atoms with Crippen LogP contribution >= 0.6 is 0 Å². The first kappa shape index (κ1) is 13.2. The fourth-order valence-electron chi connectivity index (χ4n) is 1.29. The monoisotopic (exact) mass is 234 g/mol. The van der Waals surface area contributed by atoms with Crippen LogP contribution in [-0.2, 0) is 4.79 Å². The van der Waals surface area contributed by atoms with Crippen molar-refractivity contribution in [3.05, 3.63) is 35.6 Å². The Labute approximate surface area is 102 Å². The Hall–Kier alpha value is -1.84. The first-order valence-electron chi connectivity index (χ1n) is 5.55. The van der Waals surface area contributed by atoms with Crippen molar-refractivity contribution in [1.29, 1.82) is 0 Å². The Morgan fingerprint density at radius 2 is 2.29 bits per heavy atom. The van der Waals surface area contributed by atoms with E-state index >= 15 is 0 Å². The molecular formula is C13H18N2O2. The van der Waals surface area contributed by atoms with E-state index in [1.165, 1.54) is 11.8 Å². The lowest BCUT2D eigenvalue weighted by Crippen LogP contribution is -2.15.